The molecule has 0 aromatic carbocycles. The highest BCUT2D eigenvalue weighted by Crippen LogP contribution is 2.40. The lowest BCUT2D eigenvalue weighted by atomic mass is 9.78. The zero-order valence-electron chi connectivity index (χ0n) is 7.44. The second kappa shape index (κ2) is 2.20. The maximum Gasteiger partial charge on any atom is 0.0814 e. The topological polar surface area (TPSA) is 21.3 Å². The maximum atomic E-state index is 6.03. The Labute approximate surface area is 68.3 Å². The SMILES string of the molecule is CC1(C)CNCC2(CCC2)O1. The number of ether oxygens (including phenoxy) is 1. The van der Waals surface area contributed by atoms with Gasteiger partial charge in [-0.2, -0.15) is 0 Å². The highest BCUT2D eigenvalue weighted by molar-refractivity contribution is 4.98. The maximum absolute atomic E-state index is 6.03. The van der Waals surface area contributed by atoms with Crippen LogP contribution in [0.25, 0.3) is 0 Å². The molecule has 0 aromatic rings. The van der Waals surface area contributed by atoms with Gasteiger partial charge in [-0.05, 0) is 33.1 Å². The average Bonchev–Trinajstić information content (AvgIpc) is 1.82. The molecule has 0 bridgehead atoms. The number of hydrogen-bond acceptors (Lipinski definition) is 2. The second-order valence-electron chi connectivity index (χ2n) is 4.50. The Morgan fingerprint density at radius 1 is 1.18 bits per heavy atom. The first kappa shape index (κ1) is 7.56. The molecule has 1 spiro atoms. The smallest absolute Gasteiger partial charge is 0.0814 e. The summed E-state index contributed by atoms with van der Waals surface area (Å²) in [6.07, 6.45) is 3.85. The zero-order valence-corrected chi connectivity index (χ0v) is 7.44. The lowest BCUT2D eigenvalue weighted by Crippen LogP contribution is -2.61. The minimum absolute atomic E-state index is 0.0542. The second-order valence-corrected chi connectivity index (χ2v) is 4.50. The summed E-state index contributed by atoms with van der Waals surface area (Å²) in [5.41, 5.74) is 0.278. The number of morpholine rings is 1. The van der Waals surface area contributed by atoms with Gasteiger partial charge in [0.25, 0.3) is 0 Å². The molecule has 1 saturated heterocycles. The van der Waals surface area contributed by atoms with Gasteiger partial charge in [0.05, 0.1) is 11.2 Å². The molecule has 2 nitrogen and oxygen atoms in total. The highest BCUT2D eigenvalue weighted by Gasteiger charge is 2.44. The first-order chi connectivity index (χ1) is 5.12. The molecular weight excluding hydrogens is 138 g/mol. The van der Waals surface area contributed by atoms with E-state index in [2.05, 4.69) is 19.2 Å². The summed E-state index contributed by atoms with van der Waals surface area (Å²) in [6.45, 7) is 6.39. The van der Waals surface area contributed by atoms with Gasteiger partial charge in [-0.25, -0.2) is 0 Å². The van der Waals surface area contributed by atoms with Crippen LogP contribution in [0.2, 0.25) is 0 Å². The van der Waals surface area contributed by atoms with Crippen molar-refractivity contribution in [2.24, 2.45) is 0 Å². The molecule has 0 unspecified atom stereocenters. The molecular formula is C9H17NO. The van der Waals surface area contributed by atoms with Crippen LogP contribution in [0.1, 0.15) is 33.1 Å². The van der Waals surface area contributed by atoms with Gasteiger partial charge in [0, 0.05) is 13.1 Å². The van der Waals surface area contributed by atoms with E-state index in [1.54, 1.807) is 0 Å². The van der Waals surface area contributed by atoms with Crippen molar-refractivity contribution in [1.82, 2.24) is 5.32 Å². The fourth-order valence-corrected chi connectivity index (χ4v) is 2.10. The van der Waals surface area contributed by atoms with E-state index in [9.17, 15) is 0 Å². The molecule has 2 aliphatic rings. The van der Waals surface area contributed by atoms with Crippen molar-refractivity contribution in [2.45, 2.75) is 44.3 Å². The molecule has 0 aromatic heterocycles. The Morgan fingerprint density at radius 3 is 2.27 bits per heavy atom. The predicted molar refractivity (Wildman–Crippen MR) is 44.6 cm³/mol. The summed E-state index contributed by atoms with van der Waals surface area (Å²) in [7, 11) is 0. The van der Waals surface area contributed by atoms with E-state index < -0.39 is 0 Å². The Hall–Kier alpha value is -0.0800. The van der Waals surface area contributed by atoms with Gasteiger partial charge in [-0.3, -0.25) is 0 Å². The summed E-state index contributed by atoms with van der Waals surface area (Å²) < 4.78 is 6.03. The minimum atomic E-state index is 0.0542. The van der Waals surface area contributed by atoms with Crippen molar-refractivity contribution in [3.05, 3.63) is 0 Å². The highest BCUT2D eigenvalue weighted by atomic mass is 16.5. The van der Waals surface area contributed by atoms with Crippen LogP contribution in [-0.4, -0.2) is 24.3 Å². The number of hydrogen-bond donors (Lipinski definition) is 1. The summed E-state index contributed by atoms with van der Waals surface area (Å²) >= 11 is 0. The van der Waals surface area contributed by atoms with E-state index in [1.807, 2.05) is 0 Å². The van der Waals surface area contributed by atoms with Crippen LogP contribution in [0.5, 0.6) is 0 Å². The quantitative estimate of drug-likeness (QED) is 0.569. The van der Waals surface area contributed by atoms with E-state index in [4.69, 9.17) is 4.74 Å². The van der Waals surface area contributed by atoms with Gasteiger partial charge in [-0.15, -0.1) is 0 Å². The lowest BCUT2D eigenvalue weighted by Gasteiger charge is -2.51. The molecule has 1 saturated carbocycles. The van der Waals surface area contributed by atoms with Crippen LogP contribution in [0.15, 0.2) is 0 Å². The molecule has 1 N–H and O–H groups in total. The summed E-state index contributed by atoms with van der Waals surface area (Å²) in [4.78, 5) is 0. The van der Waals surface area contributed by atoms with Crippen LogP contribution >= 0.6 is 0 Å². The van der Waals surface area contributed by atoms with Crippen LogP contribution in [0, 0.1) is 0 Å². The van der Waals surface area contributed by atoms with Gasteiger partial charge in [-0.1, -0.05) is 0 Å². The van der Waals surface area contributed by atoms with Crippen molar-refractivity contribution in [3.63, 3.8) is 0 Å². The third kappa shape index (κ3) is 1.30. The van der Waals surface area contributed by atoms with Gasteiger partial charge in [0.2, 0.25) is 0 Å². The van der Waals surface area contributed by atoms with Gasteiger partial charge >= 0.3 is 0 Å². The van der Waals surface area contributed by atoms with Crippen molar-refractivity contribution in [1.29, 1.82) is 0 Å². The van der Waals surface area contributed by atoms with E-state index in [0.29, 0.717) is 0 Å². The largest absolute Gasteiger partial charge is 0.366 e. The van der Waals surface area contributed by atoms with E-state index in [0.717, 1.165) is 13.1 Å². The molecule has 0 radical (unpaired) electrons. The fourth-order valence-electron chi connectivity index (χ4n) is 2.10. The Balaban J connectivity index is 2.03. The van der Waals surface area contributed by atoms with E-state index in [-0.39, 0.29) is 11.2 Å². The Morgan fingerprint density at radius 2 is 1.91 bits per heavy atom. The summed E-state index contributed by atoms with van der Waals surface area (Å²) in [5.74, 6) is 0. The van der Waals surface area contributed by atoms with Crippen LogP contribution in [-0.2, 0) is 4.74 Å². The monoisotopic (exact) mass is 155 g/mol. The summed E-state index contributed by atoms with van der Waals surface area (Å²) in [5, 5.41) is 3.44. The van der Waals surface area contributed by atoms with Crippen molar-refractivity contribution in [2.75, 3.05) is 13.1 Å². The lowest BCUT2D eigenvalue weighted by molar-refractivity contribution is -0.195. The van der Waals surface area contributed by atoms with Gasteiger partial charge in [0.15, 0.2) is 0 Å². The van der Waals surface area contributed by atoms with Gasteiger partial charge in [0.1, 0.15) is 0 Å². The first-order valence-electron chi connectivity index (χ1n) is 4.53. The van der Waals surface area contributed by atoms with E-state index in [1.165, 1.54) is 19.3 Å². The molecule has 11 heavy (non-hydrogen) atoms. The molecule has 64 valence electrons. The van der Waals surface area contributed by atoms with E-state index >= 15 is 0 Å². The van der Waals surface area contributed by atoms with Crippen LogP contribution in [0.4, 0.5) is 0 Å². The Kier molecular flexibility index (Phi) is 1.52. The van der Waals surface area contributed by atoms with Crippen molar-refractivity contribution < 1.29 is 4.74 Å². The predicted octanol–water partition coefficient (Wildman–Crippen LogP) is 1.31. The van der Waals surface area contributed by atoms with Crippen molar-refractivity contribution in [3.8, 4) is 0 Å². The normalized spacial score (nSPS) is 33.3. The molecule has 1 aliphatic carbocycles. The average molecular weight is 155 g/mol. The molecule has 2 heteroatoms. The molecule has 0 atom stereocenters. The minimum Gasteiger partial charge on any atom is -0.366 e. The number of nitrogens with one attached hydrogen (secondary N) is 1. The standard InChI is InChI=1S/C9H17NO/c1-8(2)6-10-7-9(11-8)4-3-5-9/h10H,3-7H2,1-2H3. The Bertz CT molecular complexity index is 161. The van der Waals surface area contributed by atoms with Crippen LogP contribution < -0.4 is 5.32 Å². The van der Waals surface area contributed by atoms with Crippen molar-refractivity contribution >= 4 is 0 Å². The fraction of sp³-hybridized carbons (Fsp3) is 1.00. The van der Waals surface area contributed by atoms with Crippen LogP contribution in [0.3, 0.4) is 0 Å². The molecule has 0 amide bonds. The molecule has 1 aliphatic heterocycles. The summed E-state index contributed by atoms with van der Waals surface area (Å²) in [6, 6.07) is 0. The third-order valence-corrected chi connectivity index (χ3v) is 2.76. The third-order valence-electron chi connectivity index (χ3n) is 2.76. The van der Waals surface area contributed by atoms with Gasteiger partial charge < -0.3 is 10.1 Å². The molecule has 2 fully saturated rings. The zero-order chi connectivity index (χ0) is 7.95. The first-order valence-corrected chi connectivity index (χ1v) is 4.53. The molecule has 2 rings (SSSR count). The molecule has 1 heterocycles. The number of rotatable bonds is 0.